The predicted octanol–water partition coefficient (Wildman–Crippen LogP) is 3.62. The Hall–Kier alpha value is -2.04. The summed E-state index contributed by atoms with van der Waals surface area (Å²) in [4.78, 5) is 11.4. The second-order valence-electron chi connectivity index (χ2n) is 6.73. The second kappa shape index (κ2) is 7.46. The van der Waals surface area contributed by atoms with Gasteiger partial charge in [-0.25, -0.2) is 9.97 Å². The van der Waals surface area contributed by atoms with E-state index in [9.17, 15) is 13.2 Å². The molecule has 0 N–H and O–H groups in total. The molecule has 0 saturated carbocycles. The highest BCUT2D eigenvalue weighted by molar-refractivity contribution is 5.52. The van der Waals surface area contributed by atoms with E-state index in [0.29, 0.717) is 37.1 Å². The molecule has 0 spiro atoms. The first-order chi connectivity index (χ1) is 12.0. The topological polar surface area (TPSA) is 56.1 Å². The summed E-state index contributed by atoms with van der Waals surface area (Å²) in [5, 5.41) is 8.68. The van der Waals surface area contributed by atoms with Gasteiger partial charge in [0.2, 0.25) is 5.82 Å². The summed E-state index contributed by atoms with van der Waals surface area (Å²) in [6.07, 6.45) is 0.570. The number of nitrogens with zero attached hydrogens (tertiary/aromatic N) is 5. The Balaban J connectivity index is 1.78. The molecule has 3 heterocycles. The molecular formula is C17H22F3N5. The van der Waals surface area contributed by atoms with E-state index in [0.717, 1.165) is 45.2 Å². The molecule has 0 bridgehead atoms. The molecule has 2 fully saturated rings. The number of aromatic nitrogens is 2. The van der Waals surface area contributed by atoms with E-state index in [1.54, 1.807) is 6.07 Å². The van der Waals surface area contributed by atoms with Gasteiger partial charge in [0.15, 0.2) is 0 Å². The van der Waals surface area contributed by atoms with Crippen LogP contribution in [0.15, 0.2) is 6.07 Å². The van der Waals surface area contributed by atoms with Gasteiger partial charge in [0.25, 0.3) is 0 Å². The van der Waals surface area contributed by atoms with Gasteiger partial charge in [-0.05, 0) is 38.0 Å². The third-order valence-electron chi connectivity index (χ3n) is 4.99. The quantitative estimate of drug-likeness (QED) is 0.828. The van der Waals surface area contributed by atoms with Gasteiger partial charge in [-0.3, -0.25) is 0 Å². The lowest BCUT2D eigenvalue weighted by molar-refractivity contribution is -0.144. The van der Waals surface area contributed by atoms with Crippen LogP contribution in [0.25, 0.3) is 0 Å². The van der Waals surface area contributed by atoms with Crippen molar-refractivity contribution in [2.24, 2.45) is 5.92 Å². The van der Waals surface area contributed by atoms with Crippen molar-refractivity contribution in [3.05, 3.63) is 11.9 Å². The van der Waals surface area contributed by atoms with Gasteiger partial charge >= 0.3 is 6.18 Å². The first kappa shape index (κ1) is 17.8. The molecule has 0 amide bonds. The summed E-state index contributed by atoms with van der Waals surface area (Å²) < 4.78 is 39.6. The number of piperidine rings is 1. The lowest BCUT2D eigenvalue weighted by Crippen LogP contribution is -2.35. The highest BCUT2D eigenvalue weighted by Gasteiger charge is 2.36. The fraction of sp³-hybridized carbons (Fsp3) is 0.706. The van der Waals surface area contributed by atoms with Crippen molar-refractivity contribution in [3.8, 4) is 6.07 Å². The highest BCUT2D eigenvalue weighted by atomic mass is 19.4. The maximum atomic E-state index is 13.2. The van der Waals surface area contributed by atoms with Gasteiger partial charge in [0.1, 0.15) is 11.6 Å². The van der Waals surface area contributed by atoms with Crippen molar-refractivity contribution in [2.45, 2.75) is 44.7 Å². The molecule has 25 heavy (non-hydrogen) atoms. The third kappa shape index (κ3) is 4.33. The van der Waals surface area contributed by atoms with Crippen LogP contribution in [-0.4, -0.2) is 36.1 Å². The minimum atomic E-state index is -4.55. The van der Waals surface area contributed by atoms with Gasteiger partial charge in [-0.1, -0.05) is 0 Å². The summed E-state index contributed by atoms with van der Waals surface area (Å²) in [7, 11) is 0. The van der Waals surface area contributed by atoms with Crippen LogP contribution in [0.2, 0.25) is 0 Å². The number of halogens is 3. The van der Waals surface area contributed by atoms with Gasteiger partial charge in [-0.2, -0.15) is 18.4 Å². The normalized spacial score (nSPS) is 19.3. The zero-order chi connectivity index (χ0) is 17.9. The zero-order valence-corrected chi connectivity index (χ0v) is 14.1. The zero-order valence-electron chi connectivity index (χ0n) is 14.1. The van der Waals surface area contributed by atoms with Crippen molar-refractivity contribution in [1.29, 1.82) is 5.26 Å². The molecule has 3 rings (SSSR count). The number of rotatable bonds is 4. The molecule has 1 aromatic rings. The number of anilines is 2. The number of alkyl halides is 3. The summed E-state index contributed by atoms with van der Waals surface area (Å²) >= 11 is 0. The van der Waals surface area contributed by atoms with E-state index in [2.05, 4.69) is 16.0 Å². The average molecular weight is 353 g/mol. The fourth-order valence-corrected chi connectivity index (χ4v) is 3.54. The van der Waals surface area contributed by atoms with Gasteiger partial charge in [0.05, 0.1) is 6.07 Å². The first-order valence-electron chi connectivity index (χ1n) is 8.80. The van der Waals surface area contributed by atoms with E-state index in [1.807, 2.05) is 9.80 Å². The molecule has 136 valence electrons. The molecule has 8 heteroatoms. The molecule has 0 atom stereocenters. The highest BCUT2D eigenvalue weighted by Crippen LogP contribution is 2.32. The van der Waals surface area contributed by atoms with Crippen LogP contribution in [0.3, 0.4) is 0 Å². The van der Waals surface area contributed by atoms with Crippen LogP contribution >= 0.6 is 0 Å². The molecule has 0 aliphatic carbocycles. The number of nitriles is 1. The van der Waals surface area contributed by atoms with E-state index in [1.165, 1.54) is 0 Å². The van der Waals surface area contributed by atoms with Crippen LogP contribution < -0.4 is 9.80 Å². The van der Waals surface area contributed by atoms with Crippen molar-refractivity contribution < 1.29 is 13.2 Å². The fourth-order valence-electron chi connectivity index (χ4n) is 3.54. The Morgan fingerprint density at radius 2 is 1.60 bits per heavy atom. The Bertz CT molecular complexity index is 626. The van der Waals surface area contributed by atoms with Crippen molar-refractivity contribution >= 4 is 11.6 Å². The molecule has 0 radical (unpaired) electrons. The van der Waals surface area contributed by atoms with E-state index in [-0.39, 0.29) is 0 Å². The molecule has 5 nitrogen and oxygen atoms in total. The molecule has 2 aliphatic heterocycles. The lowest BCUT2D eigenvalue weighted by atomic mass is 9.92. The lowest BCUT2D eigenvalue weighted by Gasteiger charge is -2.33. The van der Waals surface area contributed by atoms with Crippen LogP contribution in [-0.2, 0) is 6.18 Å². The largest absolute Gasteiger partial charge is 0.451 e. The SMILES string of the molecule is N#CCCC1CCN(c2cc(N3CCCC3)nc(C(F)(F)F)n2)CC1. The van der Waals surface area contributed by atoms with Crippen molar-refractivity contribution in [3.63, 3.8) is 0 Å². The van der Waals surface area contributed by atoms with Gasteiger partial charge in [0, 0.05) is 38.7 Å². The summed E-state index contributed by atoms with van der Waals surface area (Å²) in [5.41, 5.74) is 0. The monoisotopic (exact) mass is 353 g/mol. The molecule has 0 unspecified atom stereocenters. The minimum Gasteiger partial charge on any atom is -0.356 e. The molecule has 1 aromatic heterocycles. The Morgan fingerprint density at radius 1 is 1.04 bits per heavy atom. The molecular weight excluding hydrogens is 331 g/mol. The van der Waals surface area contributed by atoms with Crippen LogP contribution in [0.1, 0.15) is 44.3 Å². The summed E-state index contributed by atoms with van der Waals surface area (Å²) in [5.74, 6) is 0.153. The Labute approximate surface area is 145 Å². The Morgan fingerprint density at radius 3 is 2.12 bits per heavy atom. The van der Waals surface area contributed by atoms with E-state index < -0.39 is 12.0 Å². The standard InChI is InChI=1S/C17H22F3N5/c18-17(19,20)16-22-14(24-8-1-2-9-24)12-15(23-16)25-10-5-13(6-11-25)4-3-7-21/h12-13H,1-6,8-11H2. The van der Waals surface area contributed by atoms with Crippen LogP contribution in [0.4, 0.5) is 24.8 Å². The molecule has 2 saturated heterocycles. The van der Waals surface area contributed by atoms with Crippen molar-refractivity contribution in [1.82, 2.24) is 9.97 Å². The maximum Gasteiger partial charge on any atom is 0.451 e. The first-order valence-corrected chi connectivity index (χ1v) is 8.80. The molecule has 0 aromatic carbocycles. The Kier molecular flexibility index (Phi) is 5.30. The minimum absolute atomic E-state index is 0.364. The van der Waals surface area contributed by atoms with Crippen LogP contribution in [0.5, 0.6) is 0 Å². The summed E-state index contributed by atoms with van der Waals surface area (Å²) in [6, 6.07) is 3.85. The average Bonchev–Trinajstić information content (AvgIpc) is 3.14. The predicted molar refractivity (Wildman–Crippen MR) is 88.3 cm³/mol. The third-order valence-corrected chi connectivity index (χ3v) is 4.99. The van der Waals surface area contributed by atoms with E-state index in [4.69, 9.17) is 5.26 Å². The van der Waals surface area contributed by atoms with Gasteiger partial charge in [-0.15, -0.1) is 0 Å². The summed E-state index contributed by atoms with van der Waals surface area (Å²) in [6.45, 7) is 2.82. The van der Waals surface area contributed by atoms with Gasteiger partial charge < -0.3 is 9.80 Å². The molecule has 2 aliphatic rings. The number of hydrogen-bond donors (Lipinski definition) is 0. The van der Waals surface area contributed by atoms with Crippen LogP contribution in [0, 0.1) is 17.2 Å². The smallest absolute Gasteiger partial charge is 0.356 e. The van der Waals surface area contributed by atoms with E-state index >= 15 is 0 Å². The number of hydrogen-bond acceptors (Lipinski definition) is 5. The van der Waals surface area contributed by atoms with Crippen molar-refractivity contribution in [2.75, 3.05) is 36.0 Å². The second-order valence-corrected chi connectivity index (χ2v) is 6.73. The maximum absolute atomic E-state index is 13.2.